The number of rotatable bonds is 7. The van der Waals surface area contributed by atoms with E-state index in [-0.39, 0.29) is 17.2 Å². The van der Waals surface area contributed by atoms with Crippen molar-refractivity contribution in [3.05, 3.63) is 89.2 Å². The van der Waals surface area contributed by atoms with E-state index in [1.165, 1.54) is 30.0 Å². The van der Waals surface area contributed by atoms with Gasteiger partial charge >= 0.3 is 0 Å². The molecule has 4 aromatic rings. The van der Waals surface area contributed by atoms with Crippen molar-refractivity contribution in [2.24, 2.45) is 7.05 Å². The lowest BCUT2D eigenvalue weighted by molar-refractivity contribution is -0.113. The van der Waals surface area contributed by atoms with Crippen molar-refractivity contribution in [1.29, 1.82) is 0 Å². The van der Waals surface area contributed by atoms with Crippen LogP contribution in [0.25, 0.3) is 11.4 Å². The van der Waals surface area contributed by atoms with Crippen LogP contribution in [0.5, 0.6) is 0 Å². The summed E-state index contributed by atoms with van der Waals surface area (Å²) in [6.45, 7) is 3.96. The topological polar surface area (TPSA) is 88.9 Å². The molecule has 2 N–H and O–H groups in total. The number of aryl methyl sites for hydroxylation is 2. The Bertz CT molecular complexity index is 1400. The number of amides is 2. The Morgan fingerprint density at radius 3 is 2.54 bits per heavy atom. The van der Waals surface area contributed by atoms with E-state index >= 15 is 0 Å². The Morgan fingerprint density at radius 2 is 1.77 bits per heavy atom. The number of nitrogens with one attached hydrogen (secondary N) is 2. The molecule has 35 heavy (non-hydrogen) atoms. The Balaban J connectivity index is 1.42. The maximum absolute atomic E-state index is 13.9. The molecule has 0 unspecified atom stereocenters. The molecule has 0 spiro atoms. The summed E-state index contributed by atoms with van der Waals surface area (Å²) in [7, 11) is 1.81. The van der Waals surface area contributed by atoms with Crippen molar-refractivity contribution in [2.45, 2.75) is 19.0 Å². The average molecular weight is 490 g/mol. The van der Waals surface area contributed by atoms with Crippen molar-refractivity contribution in [1.82, 2.24) is 14.8 Å². The van der Waals surface area contributed by atoms with Gasteiger partial charge in [0.1, 0.15) is 5.82 Å². The molecule has 2 amide bonds. The second kappa shape index (κ2) is 10.5. The minimum Gasteiger partial charge on any atom is -0.325 e. The molecule has 0 aliphatic heterocycles. The lowest BCUT2D eigenvalue weighted by Crippen LogP contribution is -2.15. The second-order valence-electron chi connectivity index (χ2n) is 8.04. The number of thioether (sulfide) groups is 1. The van der Waals surface area contributed by atoms with Crippen molar-refractivity contribution in [3.8, 4) is 11.4 Å². The summed E-state index contributed by atoms with van der Waals surface area (Å²) in [6.07, 6.45) is 0. The monoisotopic (exact) mass is 489 g/mol. The van der Waals surface area contributed by atoms with E-state index in [2.05, 4.69) is 20.8 Å². The molecule has 0 bridgehead atoms. The first kappa shape index (κ1) is 24.2. The zero-order chi connectivity index (χ0) is 24.9. The van der Waals surface area contributed by atoms with Crippen LogP contribution >= 0.6 is 11.8 Å². The van der Waals surface area contributed by atoms with E-state index in [0.717, 1.165) is 22.4 Å². The van der Waals surface area contributed by atoms with Gasteiger partial charge in [0.15, 0.2) is 11.0 Å². The van der Waals surface area contributed by atoms with Gasteiger partial charge in [-0.25, -0.2) is 4.39 Å². The third-order valence-corrected chi connectivity index (χ3v) is 6.34. The molecular weight excluding hydrogens is 465 g/mol. The highest BCUT2D eigenvalue weighted by Gasteiger charge is 2.15. The summed E-state index contributed by atoms with van der Waals surface area (Å²) in [4.78, 5) is 24.9. The number of hydrogen-bond acceptors (Lipinski definition) is 5. The van der Waals surface area contributed by atoms with Crippen molar-refractivity contribution >= 4 is 35.0 Å². The van der Waals surface area contributed by atoms with Crippen LogP contribution in [0.3, 0.4) is 0 Å². The van der Waals surface area contributed by atoms with Gasteiger partial charge in [-0.05, 0) is 49.7 Å². The highest BCUT2D eigenvalue weighted by molar-refractivity contribution is 7.99. The van der Waals surface area contributed by atoms with Crippen LogP contribution < -0.4 is 10.6 Å². The molecule has 3 aromatic carbocycles. The first-order chi connectivity index (χ1) is 16.8. The van der Waals surface area contributed by atoms with Crippen LogP contribution in [0.1, 0.15) is 21.5 Å². The van der Waals surface area contributed by atoms with Crippen molar-refractivity contribution < 1.29 is 14.0 Å². The fourth-order valence-electron chi connectivity index (χ4n) is 3.54. The molecule has 0 fully saturated rings. The zero-order valence-electron chi connectivity index (χ0n) is 19.5. The number of hydrogen-bond donors (Lipinski definition) is 2. The fraction of sp³-hybridized carbons (Fsp3) is 0.154. The molecule has 4 rings (SSSR count). The average Bonchev–Trinajstić information content (AvgIpc) is 3.20. The summed E-state index contributed by atoms with van der Waals surface area (Å²) in [5.74, 6) is -0.506. The Labute approximate surface area is 206 Å². The number of carbonyl (C=O) groups is 2. The van der Waals surface area contributed by atoms with E-state index < -0.39 is 11.7 Å². The molecule has 7 nitrogen and oxygen atoms in total. The molecule has 0 radical (unpaired) electrons. The summed E-state index contributed by atoms with van der Waals surface area (Å²) in [6, 6.07) is 18.7. The minimum absolute atomic E-state index is 0.0330. The van der Waals surface area contributed by atoms with E-state index in [0.29, 0.717) is 16.7 Å². The third kappa shape index (κ3) is 5.75. The molecule has 1 heterocycles. The predicted octanol–water partition coefficient (Wildman–Crippen LogP) is 5.22. The van der Waals surface area contributed by atoms with Crippen LogP contribution in [-0.4, -0.2) is 32.3 Å². The van der Waals surface area contributed by atoms with Gasteiger partial charge in [-0.15, -0.1) is 10.2 Å². The van der Waals surface area contributed by atoms with Crippen LogP contribution in [0.15, 0.2) is 71.9 Å². The van der Waals surface area contributed by atoms with Gasteiger partial charge in [-0.2, -0.15) is 0 Å². The molecular formula is C26H24FN5O2S. The van der Waals surface area contributed by atoms with Gasteiger partial charge in [0, 0.05) is 24.0 Å². The summed E-state index contributed by atoms with van der Waals surface area (Å²) >= 11 is 1.28. The van der Waals surface area contributed by atoms with Crippen molar-refractivity contribution in [2.75, 3.05) is 16.4 Å². The Morgan fingerprint density at radius 1 is 0.971 bits per heavy atom. The van der Waals surface area contributed by atoms with Gasteiger partial charge < -0.3 is 15.2 Å². The van der Waals surface area contributed by atoms with E-state index in [9.17, 15) is 14.0 Å². The Hall–Kier alpha value is -3.98. The fourth-order valence-corrected chi connectivity index (χ4v) is 4.25. The SMILES string of the molecule is Cc1ccc(NC(=O)CSc2nnc(-c3cccc(NC(=O)c4ccccc4F)c3)n2C)c(C)c1. The van der Waals surface area contributed by atoms with Crippen LogP contribution in [-0.2, 0) is 11.8 Å². The van der Waals surface area contributed by atoms with Crippen LogP contribution in [0.2, 0.25) is 0 Å². The first-order valence-corrected chi connectivity index (χ1v) is 11.9. The van der Waals surface area contributed by atoms with Crippen molar-refractivity contribution in [3.63, 3.8) is 0 Å². The van der Waals surface area contributed by atoms with Crippen LogP contribution in [0, 0.1) is 19.7 Å². The highest BCUT2D eigenvalue weighted by Crippen LogP contribution is 2.25. The number of halogens is 1. The van der Waals surface area contributed by atoms with Crippen LogP contribution in [0.4, 0.5) is 15.8 Å². The standard InChI is InChI=1S/C26H24FN5O2S/c1-16-11-12-22(17(2)13-16)29-23(33)15-35-26-31-30-24(32(26)3)18-7-6-8-19(14-18)28-25(34)20-9-4-5-10-21(20)27/h4-14H,15H2,1-3H3,(H,28,34)(H,29,33). The second-order valence-corrected chi connectivity index (χ2v) is 8.98. The zero-order valence-corrected chi connectivity index (χ0v) is 20.3. The van der Waals surface area contributed by atoms with Gasteiger partial charge in [0.2, 0.25) is 5.91 Å². The lowest BCUT2D eigenvalue weighted by Gasteiger charge is -2.09. The largest absolute Gasteiger partial charge is 0.325 e. The number of anilines is 2. The van der Waals surface area contributed by atoms with E-state index in [1.54, 1.807) is 28.8 Å². The normalized spacial score (nSPS) is 10.7. The predicted molar refractivity (Wildman–Crippen MR) is 136 cm³/mol. The van der Waals surface area contributed by atoms with E-state index in [4.69, 9.17) is 0 Å². The molecule has 0 atom stereocenters. The quantitative estimate of drug-likeness (QED) is 0.348. The lowest BCUT2D eigenvalue weighted by atomic mass is 10.1. The van der Waals surface area contributed by atoms with Gasteiger partial charge in [-0.3, -0.25) is 9.59 Å². The first-order valence-electron chi connectivity index (χ1n) is 10.9. The molecule has 0 saturated heterocycles. The molecule has 0 aliphatic rings. The van der Waals surface area contributed by atoms with Gasteiger partial charge in [0.05, 0.1) is 11.3 Å². The summed E-state index contributed by atoms with van der Waals surface area (Å²) in [5, 5.41) is 14.7. The van der Waals surface area contributed by atoms with Gasteiger partial charge in [-0.1, -0.05) is 53.7 Å². The molecule has 0 saturated carbocycles. The van der Waals surface area contributed by atoms with Gasteiger partial charge in [0.25, 0.3) is 5.91 Å². The number of nitrogens with zero attached hydrogens (tertiary/aromatic N) is 3. The summed E-state index contributed by atoms with van der Waals surface area (Å²) in [5.41, 5.74) is 4.12. The maximum Gasteiger partial charge on any atom is 0.258 e. The minimum atomic E-state index is -0.585. The number of aromatic nitrogens is 3. The van der Waals surface area contributed by atoms with E-state index in [1.807, 2.05) is 45.2 Å². The summed E-state index contributed by atoms with van der Waals surface area (Å²) < 4.78 is 15.7. The molecule has 178 valence electrons. The number of benzene rings is 3. The molecule has 9 heteroatoms. The number of carbonyl (C=O) groups excluding carboxylic acids is 2. The molecule has 1 aromatic heterocycles. The third-order valence-electron chi connectivity index (χ3n) is 5.32. The Kier molecular flexibility index (Phi) is 7.26. The molecule has 0 aliphatic carbocycles. The highest BCUT2D eigenvalue weighted by atomic mass is 32.2. The maximum atomic E-state index is 13.9. The smallest absolute Gasteiger partial charge is 0.258 e.